The van der Waals surface area contributed by atoms with Crippen LogP contribution in [0.3, 0.4) is 0 Å². The van der Waals surface area contributed by atoms with Crippen LogP contribution in [0.2, 0.25) is 0 Å². The van der Waals surface area contributed by atoms with Crippen molar-refractivity contribution in [1.29, 1.82) is 0 Å². The van der Waals surface area contributed by atoms with Gasteiger partial charge in [-0.3, -0.25) is 4.79 Å². The number of carbonyl (C=O) groups is 1. The Kier molecular flexibility index (Phi) is 3.38. The Morgan fingerprint density at radius 2 is 2.00 bits per heavy atom. The molecule has 0 aliphatic heterocycles. The number of halogens is 1. The molecule has 0 aliphatic carbocycles. The maximum absolute atomic E-state index is 11.0. The van der Waals surface area contributed by atoms with Gasteiger partial charge < -0.3 is 0 Å². The largest absolute Gasteiger partial charge is 0.298 e. The second-order valence-electron chi connectivity index (χ2n) is 3.30. The molecule has 0 saturated carbocycles. The first-order chi connectivity index (χ1) is 7.86. The monoisotopic (exact) mass is 272 g/mol. The molecule has 0 N–H and O–H groups in total. The van der Waals surface area contributed by atoms with Gasteiger partial charge in [0.05, 0.1) is 5.33 Å². The van der Waals surface area contributed by atoms with Crippen LogP contribution in [0.5, 0.6) is 0 Å². The lowest BCUT2D eigenvalue weighted by Crippen LogP contribution is -1.89. The number of rotatable bonds is 1. The molecule has 0 heterocycles. The van der Waals surface area contributed by atoms with E-state index >= 15 is 0 Å². The Balaban J connectivity index is 2.77. The van der Waals surface area contributed by atoms with Crippen LogP contribution in [0.1, 0.15) is 15.9 Å². The molecule has 0 atom stereocenters. The zero-order chi connectivity index (χ0) is 11.4. The molecule has 2 rings (SSSR count). The number of hydrogen-bond donors (Lipinski definition) is 0. The molecule has 0 radical (unpaired) electrons. The first kappa shape index (κ1) is 10.9. The summed E-state index contributed by atoms with van der Waals surface area (Å²) >= 11 is 3.26. The van der Waals surface area contributed by atoms with Crippen LogP contribution < -0.4 is 0 Å². The minimum Gasteiger partial charge on any atom is -0.298 e. The smallest absolute Gasteiger partial charge is 0.151 e. The standard InChI is InChI=1S/C14H9BrO/c15-9-3-6-14-12(10-16)8-7-11-4-1-2-5-13(11)14/h1-2,4-5,7-8,10H,9H2. The summed E-state index contributed by atoms with van der Waals surface area (Å²) in [7, 11) is 0. The average molecular weight is 273 g/mol. The highest BCUT2D eigenvalue weighted by molar-refractivity contribution is 9.09. The van der Waals surface area contributed by atoms with Gasteiger partial charge in [-0.1, -0.05) is 58.1 Å². The molecule has 0 amide bonds. The maximum Gasteiger partial charge on any atom is 0.151 e. The highest BCUT2D eigenvalue weighted by Crippen LogP contribution is 2.20. The molecule has 0 unspecified atom stereocenters. The summed E-state index contributed by atoms with van der Waals surface area (Å²) in [4.78, 5) is 11.0. The first-order valence-corrected chi connectivity index (χ1v) is 6.00. The predicted octanol–water partition coefficient (Wildman–Crippen LogP) is 3.40. The summed E-state index contributed by atoms with van der Waals surface area (Å²) in [6.07, 6.45) is 0.852. The van der Waals surface area contributed by atoms with Crippen LogP contribution in [0.4, 0.5) is 0 Å². The molecule has 2 aromatic rings. The fourth-order valence-corrected chi connectivity index (χ4v) is 1.79. The van der Waals surface area contributed by atoms with Crippen molar-refractivity contribution in [2.24, 2.45) is 0 Å². The third kappa shape index (κ3) is 2.00. The van der Waals surface area contributed by atoms with Gasteiger partial charge in [-0.15, -0.1) is 0 Å². The van der Waals surface area contributed by atoms with E-state index in [9.17, 15) is 4.79 Å². The van der Waals surface area contributed by atoms with Crippen LogP contribution in [-0.2, 0) is 0 Å². The summed E-state index contributed by atoms with van der Waals surface area (Å²) in [6, 6.07) is 11.7. The van der Waals surface area contributed by atoms with Crippen molar-refractivity contribution in [3.63, 3.8) is 0 Å². The molecule has 0 spiro atoms. The molecule has 78 valence electrons. The second kappa shape index (κ2) is 4.96. The van der Waals surface area contributed by atoms with E-state index in [2.05, 4.69) is 27.8 Å². The van der Waals surface area contributed by atoms with Gasteiger partial charge in [0, 0.05) is 11.1 Å². The third-order valence-corrected chi connectivity index (χ3v) is 2.65. The molecule has 2 aromatic carbocycles. The van der Waals surface area contributed by atoms with Gasteiger partial charge in [-0.05, 0) is 16.8 Å². The van der Waals surface area contributed by atoms with Crippen molar-refractivity contribution in [3.8, 4) is 11.8 Å². The van der Waals surface area contributed by atoms with E-state index in [1.54, 1.807) is 0 Å². The average Bonchev–Trinajstić information content (AvgIpc) is 2.35. The molecule has 1 nitrogen and oxygen atoms in total. The minimum atomic E-state index is 0.606. The van der Waals surface area contributed by atoms with Crippen molar-refractivity contribution < 1.29 is 4.79 Å². The number of fused-ring (bicyclic) bond motifs is 1. The fraction of sp³-hybridized carbons (Fsp3) is 0.0714. The molecule has 16 heavy (non-hydrogen) atoms. The number of benzene rings is 2. The Bertz CT molecular complexity index is 590. The van der Waals surface area contributed by atoms with E-state index < -0.39 is 0 Å². The third-order valence-electron chi connectivity index (χ3n) is 2.37. The van der Waals surface area contributed by atoms with E-state index in [1.165, 1.54) is 0 Å². The quantitative estimate of drug-likeness (QED) is 0.442. The number of hydrogen-bond acceptors (Lipinski definition) is 1. The fourth-order valence-electron chi connectivity index (χ4n) is 1.65. The summed E-state index contributed by atoms with van der Waals surface area (Å²) in [5.41, 5.74) is 1.46. The summed E-state index contributed by atoms with van der Waals surface area (Å²) < 4.78 is 0. The Labute approximate surface area is 103 Å². The molecular weight excluding hydrogens is 264 g/mol. The highest BCUT2D eigenvalue weighted by Gasteiger charge is 2.03. The second-order valence-corrected chi connectivity index (χ2v) is 3.86. The number of alkyl halides is 1. The van der Waals surface area contributed by atoms with Crippen LogP contribution in [0.25, 0.3) is 10.8 Å². The van der Waals surface area contributed by atoms with Gasteiger partial charge in [0.15, 0.2) is 6.29 Å². The lowest BCUT2D eigenvalue weighted by Gasteiger charge is -2.03. The molecule has 0 bridgehead atoms. The van der Waals surface area contributed by atoms with Crippen LogP contribution >= 0.6 is 15.9 Å². The van der Waals surface area contributed by atoms with Crippen LogP contribution in [0, 0.1) is 11.8 Å². The molecule has 0 saturated heterocycles. The van der Waals surface area contributed by atoms with Gasteiger partial charge in [0.1, 0.15) is 0 Å². The Hall–Kier alpha value is -1.59. The molecule has 0 aliphatic rings. The van der Waals surface area contributed by atoms with Gasteiger partial charge in [-0.25, -0.2) is 0 Å². The zero-order valence-electron chi connectivity index (χ0n) is 8.53. The van der Waals surface area contributed by atoms with E-state index in [0.29, 0.717) is 10.9 Å². The van der Waals surface area contributed by atoms with Crippen LogP contribution in [-0.4, -0.2) is 11.6 Å². The lowest BCUT2D eigenvalue weighted by molar-refractivity contribution is 0.112. The number of aldehydes is 1. The topological polar surface area (TPSA) is 17.1 Å². The Morgan fingerprint density at radius 3 is 2.75 bits per heavy atom. The van der Waals surface area contributed by atoms with Crippen molar-refractivity contribution in [2.75, 3.05) is 5.33 Å². The molecule has 0 fully saturated rings. The SMILES string of the molecule is O=Cc1ccc2ccccc2c1C#CCBr. The minimum absolute atomic E-state index is 0.606. The van der Waals surface area contributed by atoms with Gasteiger partial charge in [0.2, 0.25) is 0 Å². The Morgan fingerprint density at radius 1 is 1.19 bits per heavy atom. The van der Waals surface area contributed by atoms with Gasteiger partial charge in [0.25, 0.3) is 0 Å². The summed E-state index contributed by atoms with van der Waals surface area (Å²) in [5.74, 6) is 5.97. The van der Waals surface area contributed by atoms with Crippen LogP contribution in [0.15, 0.2) is 36.4 Å². The van der Waals surface area contributed by atoms with E-state index in [1.807, 2.05) is 36.4 Å². The van der Waals surface area contributed by atoms with E-state index in [4.69, 9.17) is 0 Å². The maximum atomic E-state index is 11.0. The molecule has 2 heteroatoms. The van der Waals surface area contributed by atoms with E-state index in [-0.39, 0.29) is 0 Å². The van der Waals surface area contributed by atoms with Gasteiger partial charge in [-0.2, -0.15) is 0 Å². The van der Waals surface area contributed by atoms with Gasteiger partial charge >= 0.3 is 0 Å². The zero-order valence-corrected chi connectivity index (χ0v) is 10.1. The summed E-state index contributed by atoms with van der Waals surface area (Å²) in [5, 5.41) is 2.74. The van der Waals surface area contributed by atoms with Crippen molar-refractivity contribution in [2.45, 2.75) is 0 Å². The van der Waals surface area contributed by atoms with E-state index in [0.717, 1.165) is 22.6 Å². The van der Waals surface area contributed by atoms with Crippen molar-refractivity contribution >= 4 is 33.0 Å². The number of carbonyl (C=O) groups excluding carboxylic acids is 1. The summed E-state index contributed by atoms with van der Waals surface area (Å²) in [6.45, 7) is 0. The lowest BCUT2D eigenvalue weighted by atomic mass is 10.00. The molecular formula is C14H9BrO. The predicted molar refractivity (Wildman–Crippen MR) is 70.0 cm³/mol. The van der Waals surface area contributed by atoms with Crippen molar-refractivity contribution in [1.82, 2.24) is 0 Å². The first-order valence-electron chi connectivity index (χ1n) is 4.88. The highest BCUT2D eigenvalue weighted by atomic mass is 79.9. The van der Waals surface area contributed by atoms with Crippen molar-refractivity contribution in [3.05, 3.63) is 47.5 Å². The normalized spacial score (nSPS) is 9.56. The molecule has 0 aromatic heterocycles.